The zero-order valence-electron chi connectivity index (χ0n) is 23.8. The summed E-state index contributed by atoms with van der Waals surface area (Å²) in [4.78, 5) is 28.4. The summed E-state index contributed by atoms with van der Waals surface area (Å²) >= 11 is 0. The SMILES string of the molecule is CC.CC(=O)N(Cc1cc(C(F)(F)F)cc(C(F)(F)F)c1)C1CCCN(C(=O)OC(C)C)c2cc(C)c(C)cc21. The highest BCUT2D eigenvalue weighted by molar-refractivity contribution is 5.89. The van der Waals surface area contributed by atoms with Crippen LogP contribution < -0.4 is 4.90 Å². The first-order valence-electron chi connectivity index (χ1n) is 13.1. The van der Waals surface area contributed by atoms with E-state index in [9.17, 15) is 35.9 Å². The molecule has 0 spiro atoms. The molecule has 0 saturated heterocycles. The number of alkyl halides is 6. The molecule has 1 aliphatic rings. The van der Waals surface area contributed by atoms with Gasteiger partial charge in [0.25, 0.3) is 0 Å². The van der Waals surface area contributed by atoms with E-state index in [4.69, 9.17) is 4.74 Å². The van der Waals surface area contributed by atoms with Gasteiger partial charge in [-0.05, 0) is 87.1 Å². The Kier molecular flexibility index (Phi) is 10.7. The Morgan fingerprint density at radius 3 is 1.95 bits per heavy atom. The van der Waals surface area contributed by atoms with Gasteiger partial charge in [0, 0.05) is 20.0 Å². The number of aryl methyl sites for hydroxylation is 2. The third-order valence-electron chi connectivity index (χ3n) is 6.49. The number of halogens is 6. The van der Waals surface area contributed by atoms with E-state index < -0.39 is 48.1 Å². The van der Waals surface area contributed by atoms with Gasteiger partial charge in [0.2, 0.25) is 5.91 Å². The molecule has 0 aliphatic carbocycles. The number of benzene rings is 2. The summed E-state index contributed by atoms with van der Waals surface area (Å²) in [6, 6.07) is 4.23. The van der Waals surface area contributed by atoms with Crippen LogP contribution in [0.4, 0.5) is 36.8 Å². The van der Waals surface area contributed by atoms with Gasteiger partial charge in [-0.1, -0.05) is 19.9 Å². The van der Waals surface area contributed by atoms with Crippen molar-refractivity contribution in [2.45, 2.75) is 92.4 Å². The second-order valence-electron chi connectivity index (χ2n) is 9.80. The molecule has 1 unspecified atom stereocenters. The minimum atomic E-state index is -5.00. The zero-order chi connectivity index (χ0) is 30.6. The summed E-state index contributed by atoms with van der Waals surface area (Å²) in [5.74, 6) is -0.525. The largest absolute Gasteiger partial charge is 0.446 e. The summed E-state index contributed by atoms with van der Waals surface area (Å²) in [5, 5.41) is 0. The predicted molar refractivity (Wildman–Crippen MR) is 141 cm³/mol. The summed E-state index contributed by atoms with van der Waals surface area (Å²) in [7, 11) is 0. The van der Waals surface area contributed by atoms with Crippen LogP contribution in [0.3, 0.4) is 0 Å². The van der Waals surface area contributed by atoms with Crippen molar-refractivity contribution in [3.8, 4) is 0 Å². The third kappa shape index (κ3) is 7.91. The molecule has 3 rings (SSSR count). The van der Waals surface area contributed by atoms with Gasteiger partial charge in [-0.3, -0.25) is 9.69 Å². The number of carbonyl (C=O) groups is 2. The normalized spacial score (nSPS) is 15.6. The van der Waals surface area contributed by atoms with Crippen LogP contribution >= 0.6 is 0 Å². The molecule has 0 bridgehead atoms. The van der Waals surface area contributed by atoms with E-state index >= 15 is 0 Å². The summed E-state index contributed by atoms with van der Waals surface area (Å²) in [6.45, 7) is 12.1. The standard InChI is InChI=1S/C27H30F6N2O3.C2H6/c1-15(2)38-25(37)34-8-6-7-23(22-9-16(3)17(4)10-24(22)34)35(18(5)36)14-19-11-20(26(28,29)30)13-21(12-19)27(31,32)33;1-2/h9-13,15,23H,6-8,14H2,1-5H3;1-2H3. The Morgan fingerprint density at radius 2 is 1.48 bits per heavy atom. The molecule has 0 N–H and O–H groups in total. The molecule has 0 aromatic heterocycles. The highest BCUT2D eigenvalue weighted by atomic mass is 19.4. The van der Waals surface area contributed by atoms with Crippen molar-refractivity contribution in [2.24, 2.45) is 0 Å². The summed E-state index contributed by atoms with van der Waals surface area (Å²) in [5.41, 5.74) is -0.393. The van der Waals surface area contributed by atoms with Crippen LogP contribution in [0.2, 0.25) is 0 Å². The Hall–Kier alpha value is -3.24. The molecule has 2 aromatic carbocycles. The Labute approximate surface area is 231 Å². The van der Waals surface area contributed by atoms with Crippen molar-refractivity contribution < 1.29 is 40.7 Å². The van der Waals surface area contributed by atoms with Crippen LogP contribution in [0, 0.1) is 13.8 Å². The molecule has 1 aliphatic heterocycles. The number of rotatable bonds is 4. The molecule has 222 valence electrons. The fraction of sp³-hybridized carbons (Fsp3) is 0.517. The van der Waals surface area contributed by atoms with E-state index in [1.807, 2.05) is 27.7 Å². The first kappa shape index (κ1) is 33.0. The van der Waals surface area contributed by atoms with E-state index in [-0.39, 0.29) is 24.3 Å². The number of carbonyl (C=O) groups excluding carboxylic acids is 2. The maximum Gasteiger partial charge on any atom is 0.416 e. The van der Waals surface area contributed by atoms with E-state index in [2.05, 4.69) is 0 Å². The van der Waals surface area contributed by atoms with Gasteiger partial charge in [-0.25, -0.2) is 4.79 Å². The molecule has 2 amide bonds. The smallest absolute Gasteiger partial charge is 0.416 e. The second kappa shape index (κ2) is 13.0. The lowest BCUT2D eigenvalue weighted by molar-refractivity contribution is -0.143. The fourth-order valence-corrected chi connectivity index (χ4v) is 4.57. The first-order valence-corrected chi connectivity index (χ1v) is 13.1. The van der Waals surface area contributed by atoms with Crippen molar-refractivity contribution in [1.29, 1.82) is 0 Å². The maximum atomic E-state index is 13.4. The van der Waals surface area contributed by atoms with Crippen molar-refractivity contribution in [3.63, 3.8) is 0 Å². The van der Waals surface area contributed by atoms with Crippen LogP contribution in [0.15, 0.2) is 30.3 Å². The first-order chi connectivity index (χ1) is 18.5. The molecule has 0 fully saturated rings. The number of hydrogen-bond acceptors (Lipinski definition) is 3. The fourth-order valence-electron chi connectivity index (χ4n) is 4.57. The van der Waals surface area contributed by atoms with Crippen LogP contribution in [0.1, 0.15) is 86.9 Å². The maximum absolute atomic E-state index is 13.4. The van der Waals surface area contributed by atoms with Crippen molar-refractivity contribution in [1.82, 2.24) is 4.90 Å². The number of nitrogens with zero attached hydrogens (tertiary/aromatic N) is 2. The van der Waals surface area contributed by atoms with E-state index in [1.54, 1.807) is 26.0 Å². The lowest BCUT2D eigenvalue weighted by Crippen LogP contribution is -2.35. The van der Waals surface area contributed by atoms with Gasteiger partial charge < -0.3 is 9.64 Å². The molecular formula is C29H36F6N2O3. The predicted octanol–water partition coefficient (Wildman–Crippen LogP) is 8.60. The highest BCUT2D eigenvalue weighted by Crippen LogP contribution is 2.41. The average Bonchev–Trinajstić information content (AvgIpc) is 3.01. The van der Waals surface area contributed by atoms with Gasteiger partial charge in [0.05, 0.1) is 29.0 Å². The quantitative estimate of drug-likeness (QED) is 0.344. The van der Waals surface area contributed by atoms with Gasteiger partial charge in [0.15, 0.2) is 0 Å². The Bertz CT molecular complexity index is 1180. The lowest BCUT2D eigenvalue weighted by Gasteiger charge is -2.33. The van der Waals surface area contributed by atoms with Crippen LogP contribution in [-0.2, 0) is 28.4 Å². The monoisotopic (exact) mass is 574 g/mol. The Balaban J connectivity index is 0.00000274. The van der Waals surface area contributed by atoms with Crippen LogP contribution in [0.5, 0.6) is 0 Å². The molecule has 11 heteroatoms. The molecule has 2 aromatic rings. The van der Waals surface area contributed by atoms with Crippen molar-refractivity contribution >= 4 is 17.7 Å². The molecule has 5 nitrogen and oxygen atoms in total. The minimum Gasteiger partial charge on any atom is -0.446 e. The second-order valence-corrected chi connectivity index (χ2v) is 9.80. The van der Waals surface area contributed by atoms with Crippen molar-refractivity contribution in [3.05, 3.63) is 63.7 Å². The van der Waals surface area contributed by atoms with Gasteiger partial charge in [-0.15, -0.1) is 0 Å². The van der Waals surface area contributed by atoms with Crippen molar-refractivity contribution in [2.75, 3.05) is 11.4 Å². The zero-order valence-corrected chi connectivity index (χ0v) is 23.8. The number of hydrogen-bond donors (Lipinski definition) is 0. The summed E-state index contributed by atoms with van der Waals surface area (Å²) in [6.07, 6.45) is -10.2. The summed E-state index contributed by atoms with van der Waals surface area (Å²) < 4.78 is 86.0. The molecule has 1 heterocycles. The topological polar surface area (TPSA) is 49.9 Å². The average molecular weight is 575 g/mol. The lowest BCUT2D eigenvalue weighted by atomic mass is 9.94. The minimum absolute atomic E-state index is 0.0624. The number of anilines is 1. The van der Waals surface area contributed by atoms with Gasteiger partial charge in [-0.2, -0.15) is 26.3 Å². The highest BCUT2D eigenvalue weighted by Gasteiger charge is 2.38. The number of amides is 2. The van der Waals surface area contributed by atoms with Gasteiger partial charge in [0.1, 0.15) is 0 Å². The van der Waals surface area contributed by atoms with E-state index in [0.29, 0.717) is 36.2 Å². The number of fused-ring (bicyclic) bond motifs is 1. The molecule has 0 radical (unpaired) electrons. The van der Waals surface area contributed by atoms with E-state index in [0.717, 1.165) is 11.1 Å². The third-order valence-corrected chi connectivity index (χ3v) is 6.49. The van der Waals surface area contributed by atoms with Crippen LogP contribution in [-0.4, -0.2) is 29.5 Å². The number of ether oxygens (including phenoxy) is 1. The van der Waals surface area contributed by atoms with E-state index in [1.165, 1.54) is 16.7 Å². The molecule has 40 heavy (non-hydrogen) atoms. The Morgan fingerprint density at radius 1 is 0.950 bits per heavy atom. The molecular weight excluding hydrogens is 538 g/mol. The molecule has 1 atom stereocenters. The van der Waals surface area contributed by atoms with Crippen LogP contribution in [0.25, 0.3) is 0 Å². The molecule has 0 saturated carbocycles. The van der Waals surface area contributed by atoms with Gasteiger partial charge >= 0.3 is 18.4 Å².